The molecule has 134 valence electrons. The Bertz CT molecular complexity index is 691. The second kappa shape index (κ2) is 8.62. The van der Waals surface area contributed by atoms with Crippen LogP contribution in [0.5, 0.6) is 0 Å². The van der Waals surface area contributed by atoms with Gasteiger partial charge in [-0.2, -0.15) is 0 Å². The molecule has 2 aromatic rings. The fourth-order valence-electron chi connectivity index (χ4n) is 2.37. The van der Waals surface area contributed by atoms with Crippen LogP contribution in [0.2, 0.25) is 0 Å². The molecular formula is C20H27N3O2. The number of nitrogens with one attached hydrogen (secondary N) is 2. The van der Waals surface area contributed by atoms with Crippen LogP contribution in [-0.2, 0) is 10.2 Å². The Morgan fingerprint density at radius 2 is 1.84 bits per heavy atom. The number of nitrogens with zero attached hydrogens (tertiary/aromatic N) is 1. The molecule has 1 amide bonds. The van der Waals surface area contributed by atoms with Crippen molar-refractivity contribution in [2.24, 2.45) is 0 Å². The molecular weight excluding hydrogens is 314 g/mol. The van der Waals surface area contributed by atoms with Gasteiger partial charge in [-0.3, -0.25) is 9.78 Å². The van der Waals surface area contributed by atoms with Crippen molar-refractivity contribution in [2.45, 2.75) is 32.6 Å². The van der Waals surface area contributed by atoms with Crippen LogP contribution in [0.1, 0.15) is 43.1 Å². The van der Waals surface area contributed by atoms with Gasteiger partial charge in [-0.05, 0) is 35.6 Å². The molecule has 5 nitrogen and oxygen atoms in total. The number of ether oxygens (including phenoxy) is 1. The third-order valence-electron chi connectivity index (χ3n) is 3.85. The average Bonchev–Trinajstić information content (AvgIpc) is 2.58. The number of methoxy groups -OCH3 is 1. The van der Waals surface area contributed by atoms with Gasteiger partial charge >= 0.3 is 0 Å². The van der Waals surface area contributed by atoms with Crippen LogP contribution >= 0.6 is 0 Å². The lowest BCUT2D eigenvalue weighted by Crippen LogP contribution is -2.25. The van der Waals surface area contributed by atoms with Crippen LogP contribution in [0, 0.1) is 0 Å². The maximum Gasteiger partial charge on any atom is 0.252 e. The quantitative estimate of drug-likeness (QED) is 0.750. The highest BCUT2D eigenvalue weighted by molar-refractivity contribution is 5.94. The molecule has 25 heavy (non-hydrogen) atoms. The maximum absolute atomic E-state index is 12.1. The summed E-state index contributed by atoms with van der Waals surface area (Å²) in [5, 5.41) is 6.15. The van der Waals surface area contributed by atoms with Gasteiger partial charge in [0.2, 0.25) is 0 Å². The molecule has 1 aromatic carbocycles. The number of rotatable bonds is 7. The third-order valence-corrected chi connectivity index (χ3v) is 3.85. The molecule has 0 unspecified atom stereocenters. The number of hydrogen-bond acceptors (Lipinski definition) is 4. The molecule has 0 atom stereocenters. The lowest BCUT2D eigenvalue weighted by atomic mass is 9.87. The monoisotopic (exact) mass is 341 g/mol. The summed E-state index contributed by atoms with van der Waals surface area (Å²) in [4.78, 5) is 16.3. The Morgan fingerprint density at radius 3 is 2.48 bits per heavy atom. The molecule has 0 aliphatic heterocycles. The average molecular weight is 341 g/mol. The Labute approximate surface area is 149 Å². The van der Waals surface area contributed by atoms with Crippen molar-refractivity contribution in [1.29, 1.82) is 0 Å². The van der Waals surface area contributed by atoms with Crippen molar-refractivity contribution in [3.8, 4) is 0 Å². The van der Waals surface area contributed by atoms with Crippen LogP contribution < -0.4 is 10.6 Å². The zero-order valence-electron chi connectivity index (χ0n) is 15.4. The number of carbonyl (C=O) groups excluding carboxylic acids is 1. The smallest absolute Gasteiger partial charge is 0.252 e. The number of aromatic nitrogens is 1. The molecule has 0 saturated carbocycles. The highest BCUT2D eigenvalue weighted by Gasteiger charge is 2.13. The first kappa shape index (κ1) is 18.9. The molecule has 2 N–H and O–H groups in total. The summed E-state index contributed by atoms with van der Waals surface area (Å²) in [6, 6.07) is 10.1. The highest BCUT2D eigenvalue weighted by atomic mass is 16.5. The minimum absolute atomic E-state index is 0.126. The van der Waals surface area contributed by atoms with E-state index in [9.17, 15) is 4.79 Å². The van der Waals surface area contributed by atoms with Gasteiger partial charge < -0.3 is 15.4 Å². The van der Waals surface area contributed by atoms with Gasteiger partial charge in [-0.15, -0.1) is 0 Å². The van der Waals surface area contributed by atoms with E-state index in [1.807, 2.05) is 12.1 Å². The molecule has 0 bridgehead atoms. The second-order valence-corrected chi connectivity index (χ2v) is 7.02. The molecule has 0 aliphatic rings. The number of anilines is 2. The highest BCUT2D eigenvalue weighted by Crippen LogP contribution is 2.24. The summed E-state index contributed by atoms with van der Waals surface area (Å²) in [6.45, 7) is 7.78. The van der Waals surface area contributed by atoms with Gasteiger partial charge in [-0.1, -0.05) is 32.9 Å². The van der Waals surface area contributed by atoms with Crippen molar-refractivity contribution in [3.05, 3.63) is 53.9 Å². The lowest BCUT2D eigenvalue weighted by Gasteiger charge is -2.19. The topological polar surface area (TPSA) is 63.2 Å². The van der Waals surface area contributed by atoms with Gasteiger partial charge in [-0.25, -0.2) is 0 Å². The van der Waals surface area contributed by atoms with E-state index in [1.165, 1.54) is 5.56 Å². The number of benzene rings is 1. The first-order chi connectivity index (χ1) is 11.9. The molecule has 5 heteroatoms. The number of carbonyl (C=O) groups is 1. The summed E-state index contributed by atoms with van der Waals surface area (Å²) in [7, 11) is 1.65. The van der Waals surface area contributed by atoms with Gasteiger partial charge in [0.05, 0.1) is 17.4 Å². The first-order valence-electron chi connectivity index (χ1n) is 8.50. The van der Waals surface area contributed by atoms with E-state index in [2.05, 4.69) is 48.5 Å². The summed E-state index contributed by atoms with van der Waals surface area (Å²) < 4.78 is 4.97. The second-order valence-electron chi connectivity index (χ2n) is 7.02. The Kier molecular flexibility index (Phi) is 6.53. The van der Waals surface area contributed by atoms with Crippen molar-refractivity contribution < 1.29 is 9.53 Å². The van der Waals surface area contributed by atoms with E-state index in [0.717, 1.165) is 17.8 Å². The zero-order chi connectivity index (χ0) is 18.3. The summed E-state index contributed by atoms with van der Waals surface area (Å²) in [5.41, 5.74) is 3.69. The Morgan fingerprint density at radius 1 is 1.12 bits per heavy atom. The molecule has 0 spiro atoms. The van der Waals surface area contributed by atoms with Crippen molar-refractivity contribution in [1.82, 2.24) is 10.3 Å². The normalized spacial score (nSPS) is 11.2. The van der Waals surface area contributed by atoms with E-state index < -0.39 is 0 Å². The van der Waals surface area contributed by atoms with Crippen molar-refractivity contribution in [3.63, 3.8) is 0 Å². The third kappa shape index (κ3) is 5.87. The Balaban J connectivity index is 2.00. The summed E-state index contributed by atoms with van der Waals surface area (Å²) in [5.74, 6) is -0.129. The van der Waals surface area contributed by atoms with Crippen LogP contribution in [-0.4, -0.2) is 31.2 Å². The largest absolute Gasteiger partial charge is 0.385 e. The zero-order valence-corrected chi connectivity index (χ0v) is 15.4. The summed E-state index contributed by atoms with van der Waals surface area (Å²) in [6.07, 6.45) is 4.06. The number of pyridine rings is 1. The van der Waals surface area contributed by atoms with Gasteiger partial charge in [0, 0.05) is 32.1 Å². The predicted octanol–water partition coefficient (Wildman–Crippen LogP) is 3.89. The minimum Gasteiger partial charge on any atom is -0.385 e. The molecule has 0 saturated heterocycles. The molecule has 0 aliphatic carbocycles. The van der Waals surface area contributed by atoms with Crippen LogP contribution in [0.25, 0.3) is 0 Å². The van der Waals surface area contributed by atoms with E-state index in [4.69, 9.17) is 4.74 Å². The van der Waals surface area contributed by atoms with E-state index in [-0.39, 0.29) is 11.3 Å². The van der Waals surface area contributed by atoms with Crippen LogP contribution in [0.3, 0.4) is 0 Å². The number of hydrogen-bond donors (Lipinski definition) is 2. The van der Waals surface area contributed by atoms with E-state index in [1.54, 1.807) is 25.6 Å². The standard InChI is InChI=1S/C20H27N3O2/c1-20(2,3)16-6-8-17(9-7-16)23-18-12-15(13-21-14-18)19(24)22-10-5-11-25-4/h6-9,12-14,23H,5,10-11H2,1-4H3,(H,22,24). The van der Waals surface area contributed by atoms with Gasteiger partial charge in [0.25, 0.3) is 5.91 Å². The maximum atomic E-state index is 12.1. The minimum atomic E-state index is -0.129. The Hall–Kier alpha value is -2.40. The van der Waals surface area contributed by atoms with Crippen molar-refractivity contribution in [2.75, 3.05) is 25.6 Å². The molecule has 1 aromatic heterocycles. The van der Waals surface area contributed by atoms with Crippen LogP contribution in [0.15, 0.2) is 42.7 Å². The molecule has 2 rings (SSSR count). The fourth-order valence-corrected chi connectivity index (χ4v) is 2.37. The molecule has 1 heterocycles. The molecule has 0 fully saturated rings. The van der Waals surface area contributed by atoms with Crippen molar-refractivity contribution >= 4 is 17.3 Å². The van der Waals surface area contributed by atoms with Crippen LogP contribution in [0.4, 0.5) is 11.4 Å². The number of amides is 1. The summed E-state index contributed by atoms with van der Waals surface area (Å²) >= 11 is 0. The van der Waals surface area contributed by atoms with E-state index >= 15 is 0 Å². The van der Waals surface area contributed by atoms with E-state index in [0.29, 0.717) is 18.7 Å². The fraction of sp³-hybridized carbons (Fsp3) is 0.400. The SMILES string of the molecule is COCCCNC(=O)c1cncc(Nc2ccc(C(C)(C)C)cc2)c1. The molecule has 0 radical (unpaired) electrons. The first-order valence-corrected chi connectivity index (χ1v) is 8.50. The predicted molar refractivity (Wildman–Crippen MR) is 101 cm³/mol. The lowest BCUT2D eigenvalue weighted by molar-refractivity contribution is 0.0948. The van der Waals surface area contributed by atoms with Gasteiger partial charge in [0.15, 0.2) is 0 Å². The van der Waals surface area contributed by atoms with Gasteiger partial charge in [0.1, 0.15) is 0 Å².